The van der Waals surface area contributed by atoms with E-state index < -0.39 is 0 Å². The summed E-state index contributed by atoms with van der Waals surface area (Å²) in [4.78, 5) is 15.9. The molecule has 19 heavy (non-hydrogen) atoms. The van der Waals surface area contributed by atoms with Gasteiger partial charge in [-0.2, -0.15) is 0 Å². The van der Waals surface area contributed by atoms with E-state index in [0.717, 1.165) is 22.7 Å². The molecule has 0 aliphatic rings. The van der Waals surface area contributed by atoms with Crippen molar-refractivity contribution < 1.29 is 9.21 Å². The lowest BCUT2D eigenvalue weighted by atomic mass is 10.1. The third-order valence-electron chi connectivity index (χ3n) is 2.85. The Kier molecular flexibility index (Phi) is 3.69. The van der Waals surface area contributed by atoms with Crippen molar-refractivity contribution in [1.29, 1.82) is 0 Å². The highest BCUT2D eigenvalue weighted by Crippen LogP contribution is 2.24. The summed E-state index contributed by atoms with van der Waals surface area (Å²) >= 11 is 0. The van der Waals surface area contributed by atoms with E-state index in [1.54, 1.807) is 0 Å². The second-order valence-electron chi connectivity index (χ2n) is 4.86. The maximum Gasteiger partial charge on any atom is 0.226 e. The van der Waals surface area contributed by atoms with Crippen molar-refractivity contribution in [3.05, 3.63) is 35.9 Å². The maximum atomic E-state index is 11.6. The Hall–Kier alpha value is -2.10. The predicted molar refractivity (Wildman–Crippen MR) is 74.9 cm³/mol. The number of anilines is 1. The molecule has 0 saturated carbocycles. The second kappa shape index (κ2) is 5.26. The molecule has 0 atom stereocenters. The van der Waals surface area contributed by atoms with Crippen molar-refractivity contribution >= 4 is 11.6 Å². The summed E-state index contributed by atoms with van der Waals surface area (Å²) in [6.07, 6.45) is 0. The number of carbonyl (C=O) groups is 1. The molecule has 0 aliphatic carbocycles. The van der Waals surface area contributed by atoms with Gasteiger partial charge >= 0.3 is 0 Å². The lowest BCUT2D eigenvalue weighted by molar-refractivity contribution is -0.118. The number of nitrogens with one attached hydrogen (secondary N) is 1. The molecule has 0 aliphatic heterocycles. The van der Waals surface area contributed by atoms with Crippen LogP contribution >= 0.6 is 0 Å². The molecular weight excluding hydrogens is 240 g/mol. The quantitative estimate of drug-likeness (QED) is 0.915. The summed E-state index contributed by atoms with van der Waals surface area (Å²) < 4.78 is 5.41. The smallest absolute Gasteiger partial charge is 0.226 e. The lowest BCUT2D eigenvalue weighted by Crippen LogP contribution is -2.17. The lowest BCUT2D eigenvalue weighted by Gasteiger charge is -2.08. The minimum absolute atomic E-state index is 0.0150. The number of carbonyl (C=O) groups excluding carboxylic acids is 1. The first-order valence-corrected chi connectivity index (χ1v) is 6.32. The van der Waals surface area contributed by atoms with Crippen LogP contribution in [0.25, 0.3) is 11.3 Å². The third-order valence-corrected chi connectivity index (χ3v) is 2.85. The van der Waals surface area contributed by atoms with E-state index in [4.69, 9.17) is 4.42 Å². The van der Waals surface area contributed by atoms with Crippen molar-refractivity contribution in [3.63, 3.8) is 0 Å². The van der Waals surface area contributed by atoms with Crippen molar-refractivity contribution in [1.82, 2.24) is 4.98 Å². The van der Waals surface area contributed by atoms with Crippen LogP contribution in [0.4, 0.5) is 5.69 Å². The molecule has 0 unspecified atom stereocenters. The van der Waals surface area contributed by atoms with Crippen LogP contribution in [0.2, 0.25) is 0 Å². The van der Waals surface area contributed by atoms with E-state index >= 15 is 0 Å². The SMILES string of the molecule is Cc1nc(-c2ccc(NC(=O)C(C)C)cc2)c(C)o1. The van der Waals surface area contributed by atoms with Crippen LogP contribution in [0, 0.1) is 19.8 Å². The summed E-state index contributed by atoms with van der Waals surface area (Å²) in [5, 5.41) is 2.86. The van der Waals surface area contributed by atoms with Gasteiger partial charge in [0.2, 0.25) is 5.91 Å². The molecule has 1 aromatic heterocycles. The first-order valence-electron chi connectivity index (χ1n) is 6.32. The molecule has 4 nitrogen and oxygen atoms in total. The van der Waals surface area contributed by atoms with Crippen LogP contribution in [0.3, 0.4) is 0 Å². The van der Waals surface area contributed by atoms with Crippen LogP contribution < -0.4 is 5.32 Å². The van der Waals surface area contributed by atoms with Gasteiger partial charge in [0.05, 0.1) is 0 Å². The average molecular weight is 258 g/mol. The number of aromatic nitrogens is 1. The maximum absolute atomic E-state index is 11.6. The number of amides is 1. The van der Waals surface area contributed by atoms with Gasteiger partial charge < -0.3 is 9.73 Å². The van der Waals surface area contributed by atoms with E-state index in [2.05, 4.69) is 10.3 Å². The van der Waals surface area contributed by atoms with Gasteiger partial charge in [-0.15, -0.1) is 0 Å². The highest BCUT2D eigenvalue weighted by molar-refractivity contribution is 5.92. The molecule has 2 aromatic rings. The third kappa shape index (κ3) is 3.02. The van der Waals surface area contributed by atoms with Crippen LogP contribution in [0.15, 0.2) is 28.7 Å². The standard InChI is InChI=1S/C15H18N2O2/c1-9(2)15(18)17-13-7-5-12(6-8-13)14-10(3)19-11(4)16-14/h5-9H,1-4H3,(H,17,18). The van der Waals surface area contributed by atoms with Crippen molar-refractivity contribution in [2.45, 2.75) is 27.7 Å². The summed E-state index contributed by atoms with van der Waals surface area (Å²) in [5.41, 5.74) is 2.62. The molecule has 4 heteroatoms. The van der Waals surface area contributed by atoms with Gasteiger partial charge in [-0.05, 0) is 19.1 Å². The number of rotatable bonds is 3. The molecule has 0 saturated heterocycles. The van der Waals surface area contributed by atoms with Crippen LogP contribution in [0.1, 0.15) is 25.5 Å². The van der Waals surface area contributed by atoms with Gasteiger partial charge in [0.15, 0.2) is 5.89 Å². The Labute approximate surface area is 112 Å². The van der Waals surface area contributed by atoms with E-state index in [0.29, 0.717) is 5.89 Å². The number of hydrogen-bond acceptors (Lipinski definition) is 3. The number of nitrogens with zero attached hydrogens (tertiary/aromatic N) is 1. The molecule has 0 fully saturated rings. The Morgan fingerprint density at radius 2 is 1.84 bits per heavy atom. The van der Waals surface area contributed by atoms with Gasteiger partial charge in [0, 0.05) is 24.1 Å². The van der Waals surface area contributed by atoms with Crippen LogP contribution in [-0.4, -0.2) is 10.9 Å². The van der Waals surface area contributed by atoms with E-state index in [1.165, 1.54) is 0 Å². The van der Waals surface area contributed by atoms with E-state index in [-0.39, 0.29) is 11.8 Å². The van der Waals surface area contributed by atoms with E-state index in [1.807, 2.05) is 52.0 Å². The highest BCUT2D eigenvalue weighted by atomic mass is 16.4. The minimum Gasteiger partial charge on any atom is -0.446 e. The van der Waals surface area contributed by atoms with E-state index in [9.17, 15) is 4.79 Å². The number of benzene rings is 1. The Bertz CT molecular complexity index is 583. The van der Waals surface area contributed by atoms with Crippen molar-refractivity contribution in [2.24, 2.45) is 5.92 Å². The fourth-order valence-electron chi connectivity index (χ4n) is 1.79. The molecule has 1 amide bonds. The zero-order valence-electron chi connectivity index (χ0n) is 11.7. The minimum atomic E-state index is -0.0277. The van der Waals surface area contributed by atoms with Crippen molar-refractivity contribution in [3.8, 4) is 11.3 Å². The largest absolute Gasteiger partial charge is 0.446 e. The Morgan fingerprint density at radius 1 is 1.21 bits per heavy atom. The summed E-state index contributed by atoms with van der Waals surface area (Å²) in [6, 6.07) is 7.61. The molecule has 2 rings (SSSR count). The first kappa shape index (κ1) is 13.3. The topological polar surface area (TPSA) is 55.1 Å². The summed E-state index contributed by atoms with van der Waals surface area (Å²) in [7, 11) is 0. The Morgan fingerprint density at radius 3 is 2.32 bits per heavy atom. The van der Waals surface area contributed by atoms with Gasteiger partial charge in [0.25, 0.3) is 0 Å². The highest BCUT2D eigenvalue weighted by Gasteiger charge is 2.10. The van der Waals surface area contributed by atoms with Crippen molar-refractivity contribution in [2.75, 3.05) is 5.32 Å². The van der Waals surface area contributed by atoms with Crippen LogP contribution in [-0.2, 0) is 4.79 Å². The van der Waals surface area contributed by atoms with Gasteiger partial charge in [-0.3, -0.25) is 4.79 Å². The predicted octanol–water partition coefficient (Wildman–Crippen LogP) is 3.55. The first-order chi connectivity index (χ1) is 8.97. The van der Waals surface area contributed by atoms with Gasteiger partial charge in [-0.1, -0.05) is 26.0 Å². The average Bonchev–Trinajstić information content (AvgIpc) is 2.69. The number of oxazole rings is 1. The number of aryl methyl sites for hydroxylation is 2. The molecule has 1 N–H and O–H groups in total. The second-order valence-corrected chi connectivity index (χ2v) is 4.86. The molecule has 1 aromatic carbocycles. The number of hydrogen-bond donors (Lipinski definition) is 1. The monoisotopic (exact) mass is 258 g/mol. The Balaban J connectivity index is 2.19. The molecule has 0 bridgehead atoms. The van der Waals surface area contributed by atoms with Gasteiger partial charge in [-0.25, -0.2) is 4.98 Å². The molecule has 100 valence electrons. The summed E-state index contributed by atoms with van der Waals surface area (Å²) in [6.45, 7) is 7.45. The van der Waals surface area contributed by atoms with Gasteiger partial charge in [0.1, 0.15) is 11.5 Å². The zero-order valence-corrected chi connectivity index (χ0v) is 11.7. The van der Waals surface area contributed by atoms with Crippen LogP contribution in [0.5, 0.6) is 0 Å². The zero-order chi connectivity index (χ0) is 14.0. The molecule has 1 heterocycles. The fraction of sp³-hybridized carbons (Fsp3) is 0.333. The normalized spacial score (nSPS) is 10.8. The molecule has 0 spiro atoms. The molecule has 0 radical (unpaired) electrons. The fourth-order valence-corrected chi connectivity index (χ4v) is 1.79. The molecular formula is C15H18N2O2. The summed E-state index contributed by atoms with van der Waals surface area (Å²) in [5.74, 6) is 1.45.